The highest BCUT2D eigenvalue weighted by molar-refractivity contribution is 4.69. The highest BCUT2D eigenvalue weighted by Gasteiger charge is 2.12. The fraction of sp³-hybridized carbons (Fsp3) is 1.00. The Hall–Kier alpha value is -0.160. The van der Waals surface area contributed by atoms with E-state index < -0.39 is 0 Å². The Labute approximate surface area is 87.6 Å². The van der Waals surface area contributed by atoms with Gasteiger partial charge < -0.3 is 14.8 Å². The third-order valence-electron chi connectivity index (χ3n) is 2.28. The number of nitrogens with zero attached hydrogens (tertiary/aromatic N) is 1. The number of methoxy groups -OCH3 is 2. The first-order valence-corrected chi connectivity index (χ1v) is 5.09. The van der Waals surface area contributed by atoms with E-state index in [4.69, 9.17) is 9.47 Å². The van der Waals surface area contributed by atoms with Gasteiger partial charge in [-0.3, -0.25) is 4.90 Å². The zero-order chi connectivity index (χ0) is 10.8. The standard InChI is InChI=1S/C10H24N2O2/c1-11-8-10(9-14-4)12(2)6-5-7-13-3/h10-11H,5-9H2,1-4H3. The molecule has 1 atom stereocenters. The van der Waals surface area contributed by atoms with Gasteiger partial charge in [0.05, 0.1) is 6.61 Å². The van der Waals surface area contributed by atoms with Crippen molar-refractivity contribution in [3.63, 3.8) is 0 Å². The van der Waals surface area contributed by atoms with Gasteiger partial charge in [-0.05, 0) is 20.5 Å². The molecule has 0 saturated carbocycles. The van der Waals surface area contributed by atoms with Crippen molar-refractivity contribution < 1.29 is 9.47 Å². The van der Waals surface area contributed by atoms with Gasteiger partial charge in [0.25, 0.3) is 0 Å². The number of rotatable bonds is 9. The van der Waals surface area contributed by atoms with Crippen molar-refractivity contribution in [1.29, 1.82) is 0 Å². The van der Waals surface area contributed by atoms with Crippen LogP contribution in [0.25, 0.3) is 0 Å². The minimum Gasteiger partial charge on any atom is -0.385 e. The summed E-state index contributed by atoms with van der Waals surface area (Å²) in [6, 6.07) is 0.446. The third-order valence-corrected chi connectivity index (χ3v) is 2.28. The molecule has 0 radical (unpaired) electrons. The summed E-state index contributed by atoms with van der Waals surface area (Å²) in [6.45, 7) is 3.59. The van der Waals surface area contributed by atoms with Gasteiger partial charge in [-0.1, -0.05) is 0 Å². The molecule has 1 N–H and O–H groups in total. The average molecular weight is 204 g/mol. The van der Waals surface area contributed by atoms with Gasteiger partial charge in [-0.25, -0.2) is 0 Å². The van der Waals surface area contributed by atoms with E-state index in [9.17, 15) is 0 Å². The Balaban J connectivity index is 3.69. The normalized spacial score (nSPS) is 13.5. The molecule has 4 heteroatoms. The van der Waals surface area contributed by atoms with E-state index in [0.29, 0.717) is 6.04 Å². The summed E-state index contributed by atoms with van der Waals surface area (Å²) in [5.74, 6) is 0. The SMILES string of the molecule is CNCC(COC)N(C)CCCOC. The van der Waals surface area contributed by atoms with Crippen LogP contribution in [-0.4, -0.2) is 65.6 Å². The lowest BCUT2D eigenvalue weighted by molar-refractivity contribution is 0.0978. The predicted octanol–water partition coefficient (Wildman–Crippen LogP) is 0.189. The molecule has 0 amide bonds. The van der Waals surface area contributed by atoms with Crippen LogP contribution in [-0.2, 0) is 9.47 Å². The Bertz CT molecular complexity index is 117. The smallest absolute Gasteiger partial charge is 0.0630 e. The highest BCUT2D eigenvalue weighted by Crippen LogP contribution is 1.97. The molecule has 0 spiro atoms. The number of likely N-dealkylation sites (N-methyl/N-ethyl adjacent to an activating group) is 2. The first-order chi connectivity index (χ1) is 6.76. The zero-order valence-electron chi connectivity index (χ0n) is 9.88. The van der Waals surface area contributed by atoms with Crippen LogP contribution in [0, 0.1) is 0 Å². The second-order valence-electron chi connectivity index (χ2n) is 3.49. The van der Waals surface area contributed by atoms with E-state index in [1.807, 2.05) is 7.05 Å². The molecular formula is C10H24N2O2. The van der Waals surface area contributed by atoms with E-state index in [1.165, 1.54) is 0 Å². The maximum Gasteiger partial charge on any atom is 0.0630 e. The molecule has 0 bridgehead atoms. The molecule has 4 nitrogen and oxygen atoms in total. The van der Waals surface area contributed by atoms with Gasteiger partial charge >= 0.3 is 0 Å². The monoisotopic (exact) mass is 204 g/mol. The quantitative estimate of drug-likeness (QED) is 0.544. The van der Waals surface area contributed by atoms with Crippen LogP contribution in [0.4, 0.5) is 0 Å². The maximum absolute atomic E-state index is 5.17. The van der Waals surface area contributed by atoms with Gasteiger partial charge in [0.15, 0.2) is 0 Å². The van der Waals surface area contributed by atoms with Gasteiger partial charge in [-0.15, -0.1) is 0 Å². The van der Waals surface area contributed by atoms with Gasteiger partial charge in [-0.2, -0.15) is 0 Å². The summed E-state index contributed by atoms with van der Waals surface area (Å²) in [4.78, 5) is 2.30. The van der Waals surface area contributed by atoms with Crippen molar-refractivity contribution in [3.05, 3.63) is 0 Å². The zero-order valence-corrected chi connectivity index (χ0v) is 9.88. The molecule has 0 aromatic rings. The lowest BCUT2D eigenvalue weighted by atomic mass is 10.2. The summed E-state index contributed by atoms with van der Waals surface area (Å²) >= 11 is 0. The Morgan fingerprint density at radius 1 is 1.29 bits per heavy atom. The fourth-order valence-corrected chi connectivity index (χ4v) is 1.41. The molecule has 0 saturated heterocycles. The lowest BCUT2D eigenvalue weighted by Gasteiger charge is -2.27. The van der Waals surface area contributed by atoms with Crippen LogP contribution < -0.4 is 5.32 Å². The average Bonchev–Trinajstić information content (AvgIpc) is 2.18. The Kier molecular flexibility index (Phi) is 9.29. The van der Waals surface area contributed by atoms with E-state index in [1.54, 1.807) is 14.2 Å². The minimum atomic E-state index is 0.446. The van der Waals surface area contributed by atoms with Crippen molar-refractivity contribution in [2.45, 2.75) is 12.5 Å². The topological polar surface area (TPSA) is 33.7 Å². The number of ether oxygens (including phenoxy) is 2. The van der Waals surface area contributed by atoms with E-state index in [2.05, 4.69) is 17.3 Å². The molecular weight excluding hydrogens is 180 g/mol. The highest BCUT2D eigenvalue weighted by atomic mass is 16.5. The van der Waals surface area contributed by atoms with Crippen LogP contribution in [0.15, 0.2) is 0 Å². The van der Waals surface area contributed by atoms with Crippen molar-refractivity contribution in [3.8, 4) is 0 Å². The molecule has 0 aliphatic heterocycles. The summed E-state index contributed by atoms with van der Waals surface area (Å²) in [6.07, 6.45) is 1.07. The summed E-state index contributed by atoms with van der Waals surface area (Å²) < 4.78 is 10.2. The predicted molar refractivity (Wildman–Crippen MR) is 58.7 cm³/mol. The van der Waals surface area contributed by atoms with E-state index >= 15 is 0 Å². The van der Waals surface area contributed by atoms with Crippen LogP contribution >= 0.6 is 0 Å². The van der Waals surface area contributed by atoms with Gasteiger partial charge in [0.1, 0.15) is 0 Å². The largest absolute Gasteiger partial charge is 0.385 e. The van der Waals surface area contributed by atoms with Crippen LogP contribution in [0.3, 0.4) is 0 Å². The maximum atomic E-state index is 5.17. The minimum absolute atomic E-state index is 0.446. The first-order valence-electron chi connectivity index (χ1n) is 5.09. The van der Waals surface area contributed by atoms with Crippen molar-refractivity contribution >= 4 is 0 Å². The van der Waals surface area contributed by atoms with Crippen LogP contribution in [0.2, 0.25) is 0 Å². The molecule has 0 aromatic carbocycles. The second kappa shape index (κ2) is 9.40. The lowest BCUT2D eigenvalue weighted by Crippen LogP contribution is -2.42. The third kappa shape index (κ3) is 6.32. The summed E-state index contributed by atoms with van der Waals surface area (Å²) in [5.41, 5.74) is 0. The molecule has 1 unspecified atom stereocenters. The Morgan fingerprint density at radius 2 is 2.00 bits per heavy atom. The van der Waals surface area contributed by atoms with Crippen LogP contribution in [0.5, 0.6) is 0 Å². The van der Waals surface area contributed by atoms with Crippen molar-refractivity contribution in [1.82, 2.24) is 10.2 Å². The molecule has 0 aliphatic rings. The second-order valence-corrected chi connectivity index (χ2v) is 3.49. The molecule has 0 fully saturated rings. The number of hydrogen-bond acceptors (Lipinski definition) is 4. The molecule has 14 heavy (non-hydrogen) atoms. The van der Waals surface area contributed by atoms with Gasteiger partial charge in [0.2, 0.25) is 0 Å². The van der Waals surface area contributed by atoms with E-state index in [-0.39, 0.29) is 0 Å². The van der Waals surface area contributed by atoms with Crippen molar-refractivity contribution in [2.75, 3.05) is 54.6 Å². The number of hydrogen-bond donors (Lipinski definition) is 1. The fourth-order valence-electron chi connectivity index (χ4n) is 1.41. The summed E-state index contributed by atoms with van der Waals surface area (Å²) in [7, 11) is 7.56. The molecule has 0 aliphatic carbocycles. The Morgan fingerprint density at radius 3 is 2.50 bits per heavy atom. The number of nitrogens with one attached hydrogen (secondary N) is 1. The first kappa shape index (κ1) is 13.8. The molecule has 0 rings (SSSR count). The van der Waals surface area contributed by atoms with Crippen molar-refractivity contribution in [2.24, 2.45) is 0 Å². The molecule has 0 heterocycles. The van der Waals surface area contributed by atoms with Gasteiger partial charge in [0, 0.05) is 40.0 Å². The van der Waals surface area contributed by atoms with Crippen LogP contribution in [0.1, 0.15) is 6.42 Å². The van der Waals surface area contributed by atoms with E-state index in [0.717, 1.165) is 32.7 Å². The summed E-state index contributed by atoms with van der Waals surface area (Å²) in [5, 5.41) is 3.17. The molecule has 86 valence electrons. The molecule has 0 aromatic heterocycles.